The molecule has 75 heavy (non-hydrogen) atoms. The maximum atomic E-state index is 13.5. The highest BCUT2D eigenvalue weighted by molar-refractivity contribution is 7.47. The quantitative estimate of drug-likeness (QED) is 0.0205. The molecule has 0 heterocycles. The molecule has 10 heteroatoms. The van der Waals surface area contributed by atoms with Gasteiger partial charge >= 0.3 is 13.8 Å². The maximum Gasteiger partial charge on any atom is 0.472 e. The minimum atomic E-state index is -4.45. The Balaban J connectivity index is 5.17. The number of amides is 1. The van der Waals surface area contributed by atoms with Crippen LogP contribution in [-0.4, -0.2) is 74.3 Å². The maximum absolute atomic E-state index is 13.5. The van der Waals surface area contributed by atoms with Crippen molar-refractivity contribution in [1.29, 1.82) is 0 Å². The van der Waals surface area contributed by atoms with E-state index in [1.54, 1.807) is 0 Å². The molecule has 440 valence electrons. The van der Waals surface area contributed by atoms with Crippen LogP contribution >= 0.6 is 7.82 Å². The van der Waals surface area contributed by atoms with Crippen LogP contribution in [0.2, 0.25) is 0 Å². The van der Waals surface area contributed by atoms with Crippen molar-refractivity contribution in [1.82, 2.24) is 5.32 Å². The van der Waals surface area contributed by atoms with Crippen molar-refractivity contribution in [2.45, 2.75) is 315 Å². The molecule has 0 rings (SSSR count). The molecule has 0 aromatic carbocycles. The first kappa shape index (κ1) is 73.0. The summed E-state index contributed by atoms with van der Waals surface area (Å²) in [6, 6.07) is -0.848. The SMILES string of the molecule is CCCCC/C=C\C/C=C\C/C=C\CCCCCCCCCCC(=O)OC(/C=C/CCCCCCCCCCC)C(COP(=O)(O)OCC[N+](C)(C)C)NC(=O)CCCCCCCCCCCCCCCCCCC. The first-order valence-electron chi connectivity index (χ1n) is 32.0. The molecule has 3 atom stereocenters. The van der Waals surface area contributed by atoms with E-state index in [0.717, 1.165) is 83.5 Å². The Kier molecular flexibility index (Phi) is 53.8. The fourth-order valence-corrected chi connectivity index (χ4v) is 10.0. The Morgan fingerprint density at radius 2 is 0.813 bits per heavy atom. The van der Waals surface area contributed by atoms with Crippen molar-refractivity contribution in [2.24, 2.45) is 0 Å². The van der Waals surface area contributed by atoms with Gasteiger partial charge in [-0.25, -0.2) is 4.57 Å². The lowest BCUT2D eigenvalue weighted by molar-refractivity contribution is -0.870. The number of rotatable bonds is 58. The number of hydrogen-bond acceptors (Lipinski definition) is 6. The number of nitrogens with one attached hydrogen (secondary N) is 1. The Bertz CT molecular complexity index is 1420. The first-order valence-corrected chi connectivity index (χ1v) is 33.5. The summed E-state index contributed by atoms with van der Waals surface area (Å²) < 4.78 is 30.7. The van der Waals surface area contributed by atoms with Crippen molar-refractivity contribution in [3.63, 3.8) is 0 Å². The number of unbranched alkanes of at least 4 members (excludes halogenated alkanes) is 36. The van der Waals surface area contributed by atoms with Gasteiger partial charge in [-0.1, -0.05) is 269 Å². The molecule has 0 saturated carbocycles. The van der Waals surface area contributed by atoms with Gasteiger partial charge < -0.3 is 19.4 Å². The van der Waals surface area contributed by atoms with Crippen molar-refractivity contribution in [3.8, 4) is 0 Å². The summed E-state index contributed by atoms with van der Waals surface area (Å²) in [4.78, 5) is 37.7. The standard InChI is InChI=1S/C65H123N2O7P/c1-7-10-13-16-19-22-25-27-29-31-32-33-34-36-38-40-43-46-49-52-55-58-65(69)74-63(56-53-50-47-44-41-24-21-18-15-12-9-3)62(61-73-75(70,71)72-60-59-67(4,5)6)66-64(68)57-54-51-48-45-42-39-37-35-30-28-26-23-20-17-14-11-8-2/h19,22,27,29,32-33,53,56,62-63H,7-18,20-21,23-26,28,30-31,34-52,54-55,57-61H2,1-6H3,(H-,66,68,70,71)/p+1/b22-19-,29-27-,33-32-,56-53+. The van der Waals surface area contributed by atoms with Gasteiger partial charge in [0, 0.05) is 12.8 Å². The van der Waals surface area contributed by atoms with Gasteiger partial charge in [-0.3, -0.25) is 18.6 Å². The highest BCUT2D eigenvalue weighted by Crippen LogP contribution is 2.43. The topological polar surface area (TPSA) is 111 Å². The molecule has 3 unspecified atom stereocenters. The summed E-state index contributed by atoms with van der Waals surface area (Å²) >= 11 is 0. The number of phosphoric ester groups is 1. The number of quaternary nitrogens is 1. The molecule has 0 radical (unpaired) electrons. The van der Waals surface area contributed by atoms with E-state index in [2.05, 4.69) is 62.5 Å². The van der Waals surface area contributed by atoms with Crippen molar-refractivity contribution in [2.75, 3.05) is 40.9 Å². The van der Waals surface area contributed by atoms with Gasteiger partial charge in [0.15, 0.2) is 0 Å². The van der Waals surface area contributed by atoms with Crippen LogP contribution in [-0.2, 0) is 27.9 Å². The summed E-state index contributed by atoms with van der Waals surface area (Å²) in [6.45, 7) is 7.01. The third kappa shape index (κ3) is 56.5. The average Bonchev–Trinajstić information content (AvgIpc) is 3.37. The molecular weight excluding hydrogens is 952 g/mol. The Morgan fingerprint density at radius 3 is 1.24 bits per heavy atom. The molecule has 2 N–H and O–H groups in total. The predicted molar refractivity (Wildman–Crippen MR) is 323 cm³/mol. The van der Waals surface area contributed by atoms with E-state index in [1.165, 1.54) is 186 Å². The van der Waals surface area contributed by atoms with E-state index in [9.17, 15) is 19.0 Å². The molecule has 0 aliphatic heterocycles. The Morgan fingerprint density at radius 1 is 0.467 bits per heavy atom. The van der Waals surface area contributed by atoms with E-state index in [1.807, 2.05) is 33.3 Å². The van der Waals surface area contributed by atoms with Crippen LogP contribution in [0.1, 0.15) is 303 Å². The molecule has 0 aliphatic rings. The number of likely N-dealkylation sites (N-methyl/N-ethyl adjacent to an activating group) is 1. The van der Waals surface area contributed by atoms with Crippen LogP contribution in [0.5, 0.6) is 0 Å². The highest BCUT2D eigenvalue weighted by atomic mass is 31.2. The van der Waals surface area contributed by atoms with Crippen molar-refractivity contribution < 1.29 is 37.3 Å². The zero-order valence-corrected chi connectivity index (χ0v) is 51.2. The van der Waals surface area contributed by atoms with Crippen LogP contribution in [0.3, 0.4) is 0 Å². The number of allylic oxidation sites excluding steroid dienone is 7. The second kappa shape index (κ2) is 55.3. The fourth-order valence-electron chi connectivity index (χ4n) is 9.30. The van der Waals surface area contributed by atoms with Gasteiger partial charge in [0.05, 0.1) is 33.8 Å². The normalized spacial score (nSPS) is 14.0. The van der Waals surface area contributed by atoms with E-state index < -0.39 is 20.0 Å². The molecule has 0 bridgehead atoms. The first-order chi connectivity index (χ1) is 36.4. The lowest BCUT2D eigenvalue weighted by Crippen LogP contribution is -2.47. The molecule has 9 nitrogen and oxygen atoms in total. The number of nitrogens with zero attached hydrogens (tertiary/aromatic N) is 1. The van der Waals surface area contributed by atoms with Gasteiger partial charge in [-0.15, -0.1) is 0 Å². The number of carbonyl (C=O) groups excluding carboxylic acids is 2. The average molecular weight is 1080 g/mol. The minimum Gasteiger partial charge on any atom is -0.456 e. The summed E-state index contributed by atoms with van der Waals surface area (Å²) in [5.41, 5.74) is 0. The number of carbonyl (C=O) groups is 2. The smallest absolute Gasteiger partial charge is 0.456 e. The monoisotopic (exact) mass is 1080 g/mol. The van der Waals surface area contributed by atoms with Crippen LogP contribution in [0.25, 0.3) is 0 Å². The zero-order chi connectivity index (χ0) is 55.0. The van der Waals surface area contributed by atoms with E-state index >= 15 is 0 Å². The molecule has 1 amide bonds. The number of phosphoric acid groups is 1. The van der Waals surface area contributed by atoms with Crippen LogP contribution < -0.4 is 5.32 Å². The Hall–Kier alpha value is -2.03. The molecular formula is C65H124N2O7P+. The van der Waals surface area contributed by atoms with Gasteiger partial charge in [0.25, 0.3) is 0 Å². The third-order valence-electron chi connectivity index (χ3n) is 14.3. The van der Waals surface area contributed by atoms with E-state index in [4.69, 9.17) is 13.8 Å². The number of hydrogen-bond donors (Lipinski definition) is 2. The van der Waals surface area contributed by atoms with Gasteiger partial charge in [0.2, 0.25) is 5.91 Å². The summed E-state index contributed by atoms with van der Waals surface area (Å²) in [5.74, 6) is -0.502. The summed E-state index contributed by atoms with van der Waals surface area (Å²) in [6.07, 6.45) is 68.2. The van der Waals surface area contributed by atoms with Crippen molar-refractivity contribution in [3.05, 3.63) is 48.6 Å². The Labute approximate surface area is 465 Å². The predicted octanol–water partition coefficient (Wildman–Crippen LogP) is 19.7. The zero-order valence-electron chi connectivity index (χ0n) is 50.3. The van der Waals surface area contributed by atoms with Gasteiger partial charge in [-0.2, -0.15) is 0 Å². The molecule has 0 spiro atoms. The highest BCUT2D eigenvalue weighted by Gasteiger charge is 2.30. The lowest BCUT2D eigenvalue weighted by Gasteiger charge is -2.27. The largest absolute Gasteiger partial charge is 0.472 e. The second-order valence-electron chi connectivity index (χ2n) is 22.9. The molecule has 0 fully saturated rings. The molecule has 0 aromatic rings. The third-order valence-corrected chi connectivity index (χ3v) is 15.3. The van der Waals surface area contributed by atoms with Gasteiger partial charge in [-0.05, 0) is 70.3 Å². The number of ether oxygens (including phenoxy) is 1. The number of esters is 1. The van der Waals surface area contributed by atoms with Crippen LogP contribution in [0.15, 0.2) is 48.6 Å². The van der Waals surface area contributed by atoms with Crippen LogP contribution in [0.4, 0.5) is 0 Å². The molecule has 0 aliphatic carbocycles. The van der Waals surface area contributed by atoms with Crippen LogP contribution in [0, 0.1) is 0 Å². The van der Waals surface area contributed by atoms with Gasteiger partial charge in [0.1, 0.15) is 19.3 Å². The fraction of sp³-hybridized carbons (Fsp3) is 0.846. The second-order valence-corrected chi connectivity index (χ2v) is 24.4. The van der Waals surface area contributed by atoms with E-state index in [-0.39, 0.29) is 31.5 Å². The minimum absolute atomic E-state index is 0.0402. The summed E-state index contributed by atoms with van der Waals surface area (Å²) in [7, 11) is 1.50. The van der Waals surface area contributed by atoms with Crippen molar-refractivity contribution >= 4 is 19.7 Å². The molecule has 0 saturated heterocycles. The summed E-state index contributed by atoms with van der Waals surface area (Å²) in [5, 5.41) is 3.06. The van der Waals surface area contributed by atoms with E-state index in [0.29, 0.717) is 17.4 Å². The molecule has 0 aromatic heterocycles. The lowest BCUT2D eigenvalue weighted by atomic mass is 10.0.